The molecule has 0 aromatic heterocycles. The van der Waals surface area contributed by atoms with Gasteiger partial charge in [0.25, 0.3) is 0 Å². The topological polar surface area (TPSA) is 66.9 Å². The average molecular weight is 463 g/mol. The molecule has 0 radical (unpaired) electrons. The lowest BCUT2D eigenvalue weighted by Gasteiger charge is -2.38. The molecular formula is C23H27ClN2O4S. The van der Waals surface area contributed by atoms with Crippen LogP contribution in [0.3, 0.4) is 0 Å². The second-order valence-corrected chi connectivity index (χ2v) is 10.9. The summed E-state index contributed by atoms with van der Waals surface area (Å²) in [5.41, 5.74) is 0.123. The first kappa shape index (κ1) is 22.1. The van der Waals surface area contributed by atoms with Crippen LogP contribution in [0.25, 0.3) is 0 Å². The number of amides is 1. The van der Waals surface area contributed by atoms with Crippen LogP contribution in [0, 0.1) is 5.41 Å². The molecule has 2 heterocycles. The zero-order chi connectivity index (χ0) is 22.2. The van der Waals surface area contributed by atoms with E-state index in [4.69, 9.17) is 16.3 Å². The van der Waals surface area contributed by atoms with Crippen LogP contribution in [0.2, 0.25) is 5.02 Å². The van der Waals surface area contributed by atoms with Crippen LogP contribution in [-0.2, 0) is 14.8 Å². The summed E-state index contributed by atoms with van der Waals surface area (Å²) in [7, 11) is -3.69. The number of carbonyl (C=O) groups excluding carboxylic acids is 1. The molecule has 0 aliphatic carbocycles. The van der Waals surface area contributed by atoms with Crippen LogP contribution in [0.4, 0.5) is 5.69 Å². The normalized spacial score (nSPS) is 22.5. The second-order valence-electron chi connectivity index (χ2n) is 8.54. The van der Waals surface area contributed by atoms with E-state index in [1.165, 1.54) is 4.31 Å². The molecule has 2 aliphatic rings. The fourth-order valence-electron chi connectivity index (χ4n) is 4.47. The summed E-state index contributed by atoms with van der Waals surface area (Å²) in [4.78, 5) is 15.4. The van der Waals surface area contributed by atoms with E-state index in [1.54, 1.807) is 41.3 Å². The summed E-state index contributed by atoms with van der Waals surface area (Å²) in [5, 5.41) is 0.616. The predicted molar refractivity (Wildman–Crippen MR) is 121 cm³/mol. The molecular weight excluding hydrogens is 436 g/mol. The third-order valence-electron chi connectivity index (χ3n) is 6.03. The van der Waals surface area contributed by atoms with Crippen molar-refractivity contribution in [2.45, 2.75) is 44.1 Å². The van der Waals surface area contributed by atoms with E-state index in [0.29, 0.717) is 43.1 Å². The highest BCUT2D eigenvalue weighted by Crippen LogP contribution is 2.43. The van der Waals surface area contributed by atoms with Gasteiger partial charge in [-0.05, 0) is 81.6 Å². The number of hydrogen-bond donors (Lipinski definition) is 0. The van der Waals surface area contributed by atoms with E-state index < -0.39 is 15.4 Å². The Kier molecular flexibility index (Phi) is 6.03. The minimum absolute atomic E-state index is 0.00426. The van der Waals surface area contributed by atoms with Crippen molar-refractivity contribution in [2.75, 3.05) is 24.5 Å². The maximum Gasteiger partial charge on any atom is 0.243 e. The van der Waals surface area contributed by atoms with Gasteiger partial charge >= 0.3 is 0 Å². The molecule has 0 saturated carbocycles. The van der Waals surface area contributed by atoms with Crippen molar-refractivity contribution in [3.05, 3.63) is 53.6 Å². The van der Waals surface area contributed by atoms with E-state index >= 15 is 0 Å². The van der Waals surface area contributed by atoms with Crippen molar-refractivity contribution in [1.29, 1.82) is 0 Å². The number of carbonyl (C=O) groups is 1. The predicted octanol–water partition coefficient (Wildman–Crippen LogP) is 4.34. The number of nitrogens with zero attached hydrogens (tertiary/aromatic N) is 2. The molecule has 31 heavy (non-hydrogen) atoms. The van der Waals surface area contributed by atoms with Crippen molar-refractivity contribution < 1.29 is 17.9 Å². The van der Waals surface area contributed by atoms with Crippen LogP contribution >= 0.6 is 11.6 Å². The van der Waals surface area contributed by atoms with Gasteiger partial charge in [0.05, 0.1) is 16.4 Å². The Bertz CT molecular complexity index is 1050. The molecule has 0 N–H and O–H groups in total. The Morgan fingerprint density at radius 3 is 2.32 bits per heavy atom. The van der Waals surface area contributed by atoms with Crippen LogP contribution in [0.1, 0.15) is 33.1 Å². The van der Waals surface area contributed by atoms with Gasteiger partial charge in [0.15, 0.2) is 0 Å². The number of ether oxygens (including phenoxy) is 1. The van der Waals surface area contributed by atoms with Gasteiger partial charge in [-0.25, -0.2) is 8.42 Å². The van der Waals surface area contributed by atoms with E-state index in [-0.39, 0.29) is 23.5 Å². The summed E-state index contributed by atoms with van der Waals surface area (Å²) in [6.45, 7) is 5.05. The fourth-order valence-corrected chi connectivity index (χ4v) is 6.16. The van der Waals surface area contributed by atoms with Crippen molar-refractivity contribution in [2.24, 2.45) is 5.41 Å². The minimum atomic E-state index is -3.69. The van der Waals surface area contributed by atoms with Crippen LogP contribution in [0.15, 0.2) is 53.4 Å². The lowest BCUT2D eigenvalue weighted by Crippen LogP contribution is -2.49. The smallest absolute Gasteiger partial charge is 0.243 e. The largest absolute Gasteiger partial charge is 0.491 e. The zero-order valence-electron chi connectivity index (χ0n) is 17.8. The molecule has 2 fully saturated rings. The molecule has 2 saturated heterocycles. The highest BCUT2D eigenvalue weighted by atomic mass is 35.5. The number of benzene rings is 2. The van der Waals surface area contributed by atoms with Crippen LogP contribution < -0.4 is 9.64 Å². The number of sulfonamides is 1. The molecule has 2 aromatic carbocycles. The Hall–Kier alpha value is -2.09. The van der Waals surface area contributed by atoms with E-state index in [2.05, 4.69) is 0 Å². The van der Waals surface area contributed by atoms with Crippen molar-refractivity contribution in [1.82, 2.24) is 4.31 Å². The van der Waals surface area contributed by atoms with Gasteiger partial charge in [-0.15, -0.1) is 0 Å². The van der Waals surface area contributed by atoms with E-state index in [1.807, 2.05) is 26.0 Å². The Labute approximate surface area is 188 Å². The first-order valence-corrected chi connectivity index (χ1v) is 12.4. The van der Waals surface area contributed by atoms with Gasteiger partial charge in [0, 0.05) is 30.3 Å². The van der Waals surface area contributed by atoms with E-state index in [0.717, 1.165) is 5.69 Å². The number of halogens is 1. The molecule has 1 spiro atoms. The monoisotopic (exact) mass is 462 g/mol. The number of rotatable bonds is 5. The zero-order valence-corrected chi connectivity index (χ0v) is 19.3. The number of hydrogen-bond acceptors (Lipinski definition) is 4. The third kappa shape index (κ3) is 4.31. The molecule has 6 nitrogen and oxygen atoms in total. The van der Waals surface area contributed by atoms with Gasteiger partial charge in [0.1, 0.15) is 5.75 Å². The molecule has 1 amide bonds. The number of piperidine rings is 1. The first-order valence-electron chi connectivity index (χ1n) is 10.6. The SMILES string of the molecule is CC(C)Oc1ccc(S(=O)(=O)N2CCCC3(CCN(c4ccc(Cl)cc4)C3=O)C2)cc1. The van der Waals surface area contributed by atoms with Gasteiger partial charge in [-0.1, -0.05) is 11.6 Å². The highest BCUT2D eigenvalue weighted by molar-refractivity contribution is 7.89. The van der Waals surface area contributed by atoms with Gasteiger partial charge in [0.2, 0.25) is 15.9 Å². The van der Waals surface area contributed by atoms with Crippen molar-refractivity contribution >= 4 is 33.2 Å². The maximum absolute atomic E-state index is 13.4. The minimum Gasteiger partial charge on any atom is -0.491 e. The Balaban J connectivity index is 1.54. The molecule has 2 aromatic rings. The first-order chi connectivity index (χ1) is 14.7. The summed E-state index contributed by atoms with van der Waals surface area (Å²) < 4.78 is 33.7. The molecule has 0 bridgehead atoms. The van der Waals surface area contributed by atoms with Gasteiger partial charge < -0.3 is 9.64 Å². The van der Waals surface area contributed by atoms with Crippen molar-refractivity contribution in [3.63, 3.8) is 0 Å². The lowest BCUT2D eigenvalue weighted by atomic mass is 9.79. The summed E-state index contributed by atoms with van der Waals surface area (Å²) in [6, 6.07) is 13.7. The summed E-state index contributed by atoms with van der Waals surface area (Å²) in [5.74, 6) is 0.629. The fraction of sp³-hybridized carbons (Fsp3) is 0.435. The third-order valence-corrected chi connectivity index (χ3v) is 8.14. The molecule has 2 aliphatic heterocycles. The molecule has 1 unspecified atom stereocenters. The standard InChI is InChI=1S/C23H27ClN2O4S/c1-17(2)30-20-8-10-21(11-9-20)31(28,29)25-14-3-12-23(16-25)13-15-26(22(23)27)19-6-4-18(24)5-7-19/h4-11,17H,3,12-16H2,1-2H3. The maximum atomic E-state index is 13.4. The molecule has 1 atom stereocenters. The second kappa shape index (κ2) is 8.45. The quantitative estimate of drug-likeness (QED) is 0.663. The molecule has 4 rings (SSSR count). The van der Waals surface area contributed by atoms with Crippen molar-refractivity contribution in [3.8, 4) is 5.75 Å². The summed E-state index contributed by atoms with van der Waals surface area (Å²) >= 11 is 5.97. The average Bonchev–Trinajstić information content (AvgIpc) is 3.04. The van der Waals surface area contributed by atoms with Gasteiger partial charge in [-0.2, -0.15) is 4.31 Å². The van der Waals surface area contributed by atoms with E-state index in [9.17, 15) is 13.2 Å². The highest BCUT2D eigenvalue weighted by Gasteiger charge is 2.51. The van der Waals surface area contributed by atoms with Gasteiger partial charge in [-0.3, -0.25) is 4.79 Å². The molecule has 8 heteroatoms. The summed E-state index contributed by atoms with van der Waals surface area (Å²) in [6.07, 6.45) is 2.01. The lowest BCUT2D eigenvalue weighted by molar-refractivity contribution is -0.127. The van der Waals surface area contributed by atoms with Crippen LogP contribution in [-0.4, -0.2) is 44.4 Å². The molecule has 166 valence electrons. The van der Waals surface area contributed by atoms with Crippen LogP contribution in [0.5, 0.6) is 5.75 Å². The number of anilines is 1. The Morgan fingerprint density at radius 1 is 1.00 bits per heavy atom. The Morgan fingerprint density at radius 2 is 1.68 bits per heavy atom.